The fraction of sp³-hybridized carbons (Fsp3) is 0.500. The molecule has 0 spiro atoms. The largest absolute Gasteiger partial charge is 0.427 e. The Kier molecular flexibility index (Phi) is 7.71. The first-order chi connectivity index (χ1) is 13.7. The van der Waals surface area contributed by atoms with Crippen molar-refractivity contribution in [3.05, 3.63) is 53.6 Å². The summed E-state index contributed by atoms with van der Waals surface area (Å²) in [4.78, 5) is 12.0. The van der Waals surface area contributed by atoms with Crippen molar-refractivity contribution in [1.82, 2.24) is 0 Å². The van der Waals surface area contributed by atoms with Crippen molar-refractivity contribution in [3.63, 3.8) is 0 Å². The van der Waals surface area contributed by atoms with Crippen molar-refractivity contribution >= 4 is 5.97 Å². The number of unbranched alkanes of at least 4 members (excludes halogenated alkanes) is 4. The summed E-state index contributed by atoms with van der Waals surface area (Å²) in [5.41, 5.74) is 5.45. The highest BCUT2D eigenvalue weighted by molar-refractivity contribution is 5.73. The Morgan fingerprint density at radius 1 is 0.929 bits per heavy atom. The van der Waals surface area contributed by atoms with E-state index < -0.39 is 0 Å². The topological polar surface area (TPSA) is 26.3 Å². The minimum Gasteiger partial charge on any atom is -0.427 e. The summed E-state index contributed by atoms with van der Waals surface area (Å²) < 4.78 is 5.49. The van der Waals surface area contributed by atoms with Gasteiger partial charge in [0.1, 0.15) is 5.75 Å². The van der Waals surface area contributed by atoms with E-state index in [0.717, 1.165) is 18.8 Å². The average Bonchev–Trinajstić information content (AvgIpc) is 2.73. The number of hydrogen-bond acceptors (Lipinski definition) is 2. The zero-order chi connectivity index (χ0) is 19.8. The molecule has 3 rings (SSSR count). The molecule has 0 fully saturated rings. The molecule has 0 aromatic heterocycles. The molecule has 0 saturated carbocycles. The average molecular weight is 379 g/mol. The van der Waals surface area contributed by atoms with Gasteiger partial charge in [-0.1, -0.05) is 76.3 Å². The van der Waals surface area contributed by atoms with Crippen LogP contribution in [0.2, 0.25) is 0 Å². The molecule has 28 heavy (non-hydrogen) atoms. The molecule has 0 heterocycles. The third-order valence-electron chi connectivity index (χ3n) is 6.02. The van der Waals surface area contributed by atoms with Crippen molar-refractivity contribution in [2.75, 3.05) is 0 Å². The maximum absolute atomic E-state index is 12.0. The summed E-state index contributed by atoms with van der Waals surface area (Å²) in [7, 11) is 0. The number of ether oxygens (including phenoxy) is 1. The van der Waals surface area contributed by atoms with E-state index in [9.17, 15) is 4.79 Å². The second-order valence-electron chi connectivity index (χ2n) is 8.16. The van der Waals surface area contributed by atoms with Gasteiger partial charge in [0, 0.05) is 6.42 Å². The smallest absolute Gasteiger partial charge is 0.311 e. The molecule has 1 atom stereocenters. The van der Waals surface area contributed by atoms with Crippen LogP contribution in [0, 0.1) is 5.92 Å². The van der Waals surface area contributed by atoms with Gasteiger partial charge >= 0.3 is 5.97 Å². The lowest BCUT2D eigenvalue weighted by Crippen LogP contribution is -2.13. The predicted molar refractivity (Wildman–Crippen MR) is 117 cm³/mol. The highest BCUT2D eigenvalue weighted by atomic mass is 16.5. The van der Waals surface area contributed by atoms with Gasteiger partial charge in [-0.25, -0.2) is 0 Å². The lowest BCUT2D eigenvalue weighted by molar-refractivity contribution is -0.134. The Bertz CT molecular complexity index is 761. The Labute approximate surface area is 170 Å². The molecule has 0 radical (unpaired) electrons. The highest BCUT2D eigenvalue weighted by Crippen LogP contribution is 2.31. The van der Waals surface area contributed by atoms with E-state index in [4.69, 9.17) is 4.74 Å². The van der Waals surface area contributed by atoms with Gasteiger partial charge in [-0.3, -0.25) is 4.79 Å². The number of benzene rings is 2. The van der Waals surface area contributed by atoms with Crippen LogP contribution in [0.4, 0.5) is 0 Å². The number of esters is 1. The maximum Gasteiger partial charge on any atom is 0.311 e. The van der Waals surface area contributed by atoms with Crippen LogP contribution in [0.15, 0.2) is 42.5 Å². The molecular formula is C26H34O2. The van der Waals surface area contributed by atoms with Gasteiger partial charge in [0.15, 0.2) is 0 Å². The van der Waals surface area contributed by atoms with E-state index in [-0.39, 0.29) is 5.97 Å². The Morgan fingerprint density at radius 3 is 2.43 bits per heavy atom. The van der Waals surface area contributed by atoms with E-state index in [1.165, 1.54) is 67.2 Å². The van der Waals surface area contributed by atoms with Crippen LogP contribution in [0.5, 0.6) is 5.75 Å². The number of aryl methyl sites for hydroxylation is 1. The fourth-order valence-electron chi connectivity index (χ4n) is 4.13. The van der Waals surface area contributed by atoms with Crippen LogP contribution in [0.3, 0.4) is 0 Å². The lowest BCUT2D eigenvalue weighted by Gasteiger charge is -2.24. The van der Waals surface area contributed by atoms with Crippen molar-refractivity contribution in [3.8, 4) is 16.9 Å². The number of carbonyl (C=O) groups is 1. The summed E-state index contributed by atoms with van der Waals surface area (Å²) in [5, 5.41) is 0. The van der Waals surface area contributed by atoms with Crippen molar-refractivity contribution in [2.24, 2.45) is 5.92 Å². The Hall–Kier alpha value is -2.09. The summed E-state index contributed by atoms with van der Waals surface area (Å²) in [6, 6.07) is 14.8. The molecule has 1 aliphatic rings. The predicted octanol–water partition coefficient (Wildman–Crippen LogP) is 7.13. The zero-order valence-electron chi connectivity index (χ0n) is 17.5. The monoisotopic (exact) mass is 378 g/mol. The minimum atomic E-state index is -0.122. The Morgan fingerprint density at radius 2 is 1.68 bits per heavy atom. The van der Waals surface area contributed by atoms with Gasteiger partial charge in [-0.2, -0.15) is 0 Å². The molecule has 2 nitrogen and oxygen atoms in total. The van der Waals surface area contributed by atoms with Gasteiger partial charge in [-0.15, -0.1) is 0 Å². The molecule has 2 aromatic rings. The van der Waals surface area contributed by atoms with E-state index >= 15 is 0 Å². The van der Waals surface area contributed by atoms with E-state index in [2.05, 4.69) is 44.2 Å². The summed E-state index contributed by atoms with van der Waals surface area (Å²) in [6.07, 6.45) is 11.2. The van der Waals surface area contributed by atoms with Crippen LogP contribution in [0.25, 0.3) is 11.1 Å². The first-order valence-electron chi connectivity index (χ1n) is 11.1. The molecule has 150 valence electrons. The summed E-state index contributed by atoms with van der Waals surface area (Å²) in [6.45, 7) is 4.49. The van der Waals surface area contributed by atoms with Gasteiger partial charge in [-0.05, 0) is 66.0 Å². The Balaban J connectivity index is 1.55. The van der Waals surface area contributed by atoms with Crippen LogP contribution >= 0.6 is 0 Å². The molecule has 1 aliphatic carbocycles. The highest BCUT2D eigenvalue weighted by Gasteiger charge is 2.17. The maximum atomic E-state index is 12.0. The first-order valence-corrected chi connectivity index (χ1v) is 11.1. The fourth-order valence-corrected chi connectivity index (χ4v) is 4.13. The minimum absolute atomic E-state index is 0.122. The van der Waals surface area contributed by atoms with E-state index in [0.29, 0.717) is 12.2 Å². The second-order valence-corrected chi connectivity index (χ2v) is 8.16. The van der Waals surface area contributed by atoms with Gasteiger partial charge < -0.3 is 4.74 Å². The normalized spacial score (nSPS) is 15.9. The molecule has 1 unspecified atom stereocenters. The van der Waals surface area contributed by atoms with E-state index in [1.54, 1.807) is 0 Å². The third kappa shape index (κ3) is 5.70. The number of hydrogen-bond donors (Lipinski definition) is 0. The van der Waals surface area contributed by atoms with Crippen LogP contribution in [-0.2, 0) is 17.6 Å². The van der Waals surface area contributed by atoms with Gasteiger partial charge in [0.05, 0.1) is 0 Å². The molecule has 0 bridgehead atoms. The van der Waals surface area contributed by atoms with Crippen molar-refractivity contribution < 1.29 is 9.53 Å². The lowest BCUT2D eigenvalue weighted by atomic mass is 9.81. The van der Waals surface area contributed by atoms with Gasteiger partial charge in [0.2, 0.25) is 0 Å². The van der Waals surface area contributed by atoms with Crippen LogP contribution in [0.1, 0.15) is 76.3 Å². The number of fused-ring (bicyclic) bond motifs is 1. The van der Waals surface area contributed by atoms with E-state index in [1.807, 2.05) is 12.1 Å². The zero-order valence-corrected chi connectivity index (χ0v) is 17.5. The molecule has 2 heteroatoms. The van der Waals surface area contributed by atoms with Crippen LogP contribution in [-0.4, -0.2) is 5.97 Å². The molecule has 0 aliphatic heterocycles. The number of rotatable bonds is 9. The van der Waals surface area contributed by atoms with Gasteiger partial charge in [0.25, 0.3) is 0 Å². The van der Waals surface area contributed by atoms with Crippen molar-refractivity contribution in [1.29, 1.82) is 0 Å². The molecule has 0 amide bonds. The van der Waals surface area contributed by atoms with Crippen molar-refractivity contribution in [2.45, 2.75) is 78.1 Å². The molecular weight excluding hydrogens is 344 g/mol. The summed E-state index contributed by atoms with van der Waals surface area (Å²) in [5.74, 6) is 1.37. The second kappa shape index (κ2) is 10.5. The standard InChI is InChI=1S/C26H34O2/c1-3-5-6-7-8-9-26(27)28-25-16-14-21(15-17-25)23-13-12-22-18-20(4-2)10-11-24(22)19-23/h12-17,19-20H,3-11,18H2,1-2H3. The molecule has 0 N–H and O–H groups in total. The number of carbonyl (C=O) groups excluding carboxylic acids is 1. The SMILES string of the molecule is CCCCCCCC(=O)Oc1ccc(-c2ccc3c(c2)CCC(CC)C3)cc1. The summed E-state index contributed by atoms with van der Waals surface area (Å²) >= 11 is 0. The molecule has 0 saturated heterocycles. The third-order valence-corrected chi connectivity index (χ3v) is 6.02. The molecule has 2 aromatic carbocycles. The quantitative estimate of drug-likeness (QED) is 0.263. The van der Waals surface area contributed by atoms with Crippen LogP contribution < -0.4 is 4.74 Å². The first kappa shape index (κ1) is 20.6.